The number of nitrogens with one attached hydrogen (secondary N) is 3. The fraction of sp³-hybridized carbons (Fsp3) is 0.111. The van der Waals surface area contributed by atoms with E-state index in [4.69, 9.17) is 0 Å². The minimum absolute atomic E-state index is 0.0935. The molecule has 0 bridgehead atoms. The normalized spacial score (nSPS) is 11.0. The number of carbonyl (C=O) groups is 2. The first kappa shape index (κ1) is 18.0. The number of hydrogen-bond acceptors (Lipinski definition) is 5. The molecule has 142 valence electrons. The van der Waals surface area contributed by atoms with Crippen molar-refractivity contribution >= 4 is 46.1 Å². The molecule has 3 N–H and O–H groups in total. The van der Waals surface area contributed by atoms with Crippen LogP contribution in [0, 0.1) is 5.82 Å². The predicted molar refractivity (Wildman–Crippen MR) is 104 cm³/mol. The molecule has 28 heavy (non-hydrogen) atoms. The second-order valence-electron chi connectivity index (χ2n) is 5.89. The van der Waals surface area contributed by atoms with Crippen LogP contribution >= 0.6 is 11.8 Å². The second-order valence-corrected chi connectivity index (χ2v) is 6.83. The van der Waals surface area contributed by atoms with Gasteiger partial charge in [-0.3, -0.25) is 14.0 Å². The fourth-order valence-electron chi connectivity index (χ4n) is 2.64. The average Bonchev–Trinajstić information content (AvgIpc) is 3.26. The standard InChI is InChI=1S/C18H15FN6O2S/c19-11-5-7-12(8-6-11)21-15(26)9-20-16(27)10-28-18-24-23-17-22-13-3-1-2-4-14(13)25(17)18/h1-8H,9-10H2,(H,20,27)(H,21,26)(H,22,23). The molecule has 8 nitrogen and oxygen atoms in total. The number of H-pyrrole nitrogens is 1. The summed E-state index contributed by atoms with van der Waals surface area (Å²) < 4.78 is 14.7. The van der Waals surface area contributed by atoms with Gasteiger partial charge in [0, 0.05) is 5.69 Å². The lowest BCUT2D eigenvalue weighted by atomic mass is 10.3. The Kier molecular flexibility index (Phi) is 4.94. The summed E-state index contributed by atoms with van der Waals surface area (Å²) in [4.78, 5) is 28.3. The smallest absolute Gasteiger partial charge is 0.243 e. The number of hydrogen-bond donors (Lipinski definition) is 3. The van der Waals surface area contributed by atoms with E-state index in [2.05, 4.69) is 25.8 Å². The van der Waals surface area contributed by atoms with Gasteiger partial charge in [-0.1, -0.05) is 23.9 Å². The highest BCUT2D eigenvalue weighted by Crippen LogP contribution is 2.22. The molecule has 0 radical (unpaired) electrons. The predicted octanol–water partition coefficient (Wildman–Crippen LogP) is 2.20. The molecule has 4 aromatic rings. The summed E-state index contributed by atoms with van der Waals surface area (Å²) in [6.07, 6.45) is 0. The Morgan fingerprint density at radius 1 is 1.11 bits per heavy atom. The first-order valence-electron chi connectivity index (χ1n) is 8.36. The van der Waals surface area contributed by atoms with Crippen LogP contribution in [-0.4, -0.2) is 43.7 Å². The molecule has 0 fully saturated rings. The van der Waals surface area contributed by atoms with E-state index in [1.165, 1.54) is 36.0 Å². The third kappa shape index (κ3) is 3.81. The Hall–Kier alpha value is -3.40. The molecule has 2 amide bonds. The molecule has 0 aliphatic heterocycles. The van der Waals surface area contributed by atoms with Crippen molar-refractivity contribution in [1.29, 1.82) is 0 Å². The van der Waals surface area contributed by atoms with E-state index in [1.807, 2.05) is 28.7 Å². The Labute approximate surface area is 162 Å². The number of para-hydroxylation sites is 2. The molecule has 0 saturated carbocycles. The van der Waals surface area contributed by atoms with Crippen molar-refractivity contribution in [3.05, 3.63) is 54.3 Å². The van der Waals surface area contributed by atoms with Gasteiger partial charge in [0.2, 0.25) is 17.6 Å². The minimum Gasteiger partial charge on any atom is -0.346 e. The minimum atomic E-state index is -0.396. The van der Waals surface area contributed by atoms with Crippen LogP contribution in [0.5, 0.6) is 0 Å². The van der Waals surface area contributed by atoms with Crippen LogP contribution < -0.4 is 10.6 Å². The van der Waals surface area contributed by atoms with Gasteiger partial charge in [-0.05, 0) is 36.4 Å². The Bertz CT molecular complexity index is 1150. The van der Waals surface area contributed by atoms with Gasteiger partial charge in [0.05, 0.1) is 23.3 Å². The first-order valence-corrected chi connectivity index (χ1v) is 9.35. The molecule has 0 aliphatic rings. The number of fused-ring (bicyclic) bond motifs is 3. The van der Waals surface area contributed by atoms with Crippen molar-refractivity contribution in [3.8, 4) is 0 Å². The molecule has 0 spiro atoms. The lowest BCUT2D eigenvalue weighted by molar-refractivity contribution is -0.122. The van der Waals surface area contributed by atoms with Crippen LogP contribution in [0.25, 0.3) is 16.8 Å². The average molecular weight is 398 g/mol. The molecule has 0 atom stereocenters. The van der Waals surface area contributed by atoms with Gasteiger partial charge < -0.3 is 10.6 Å². The summed E-state index contributed by atoms with van der Waals surface area (Å²) in [5.74, 6) is -0.396. The van der Waals surface area contributed by atoms with Crippen LogP contribution in [0.2, 0.25) is 0 Å². The Balaban J connectivity index is 1.31. The summed E-state index contributed by atoms with van der Waals surface area (Å²) in [5, 5.41) is 12.8. The van der Waals surface area contributed by atoms with Crippen molar-refractivity contribution in [1.82, 2.24) is 24.9 Å². The topological polar surface area (TPSA) is 104 Å². The van der Waals surface area contributed by atoms with Gasteiger partial charge in [-0.15, -0.1) is 5.10 Å². The van der Waals surface area contributed by atoms with Crippen LogP contribution in [-0.2, 0) is 9.59 Å². The van der Waals surface area contributed by atoms with Gasteiger partial charge in [-0.2, -0.15) is 0 Å². The van der Waals surface area contributed by atoms with Crippen LogP contribution in [0.1, 0.15) is 0 Å². The highest BCUT2D eigenvalue weighted by molar-refractivity contribution is 7.99. The Morgan fingerprint density at radius 2 is 1.89 bits per heavy atom. The van der Waals surface area contributed by atoms with Gasteiger partial charge in [0.25, 0.3) is 0 Å². The summed E-state index contributed by atoms with van der Waals surface area (Å²) in [5.41, 5.74) is 2.19. The number of imidazole rings is 1. The van der Waals surface area contributed by atoms with E-state index >= 15 is 0 Å². The Morgan fingerprint density at radius 3 is 2.71 bits per heavy atom. The van der Waals surface area contributed by atoms with Crippen molar-refractivity contribution in [2.45, 2.75) is 5.16 Å². The van der Waals surface area contributed by atoms with Crippen molar-refractivity contribution in [2.75, 3.05) is 17.6 Å². The van der Waals surface area contributed by atoms with Gasteiger partial charge in [0.1, 0.15) is 5.82 Å². The molecule has 2 heterocycles. The first-order chi connectivity index (χ1) is 13.6. The van der Waals surface area contributed by atoms with E-state index in [-0.39, 0.29) is 24.0 Å². The van der Waals surface area contributed by atoms with E-state index in [0.717, 1.165) is 11.0 Å². The number of rotatable bonds is 6. The van der Waals surface area contributed by atoms with Gasteiger partial charge in [0.15, 0.2) is 5.16 Å². The second kappa shape index (κ2) is 7.69. The van der Waals surface area contributed by atoms with Crippen molar-refractivity contribution in [2.24, 2.45) is 0 Å². The molecular weight excluding hydrogens is 383 g/mol. The lowest BCUT2D eigenvalue weighted by Crippen LogP contribution is -2.33. The van der Waals surface area contributed by atoms with E-state index in [1.54, 1.807) is 0 Å². The number of aromatic amines is 1. The molecule has 2 aromatic heterocycles. The fourth-order valence-corrected chi connectivity index (χ4v) is 3.42. The number of anilines is 1. The highest BCUT2D eigenvalue weighted by atomic mass is 32.2. The van der Waals surface area contributed by atoms with Gasteiger partial charge in [-0.25, -0.2) is 14.5 Å². The number of thioether (sulfide) groups is 1. The number of halogens is 1. The molecule has 2 aromatic carbocycles. The third-order valence-electron chi connectivity index (χ3n) is 3.91. The molecular formula is C18H15FN6O2S. The SMILES string of the molecule is O=C(CSc1n[nH]c2nc3ccccc3n12)NCC(=O)Nc1ccc(F)cc1. The van der Waals surface area contributed by atoms with Crippen LogP contribution in [0.4, 0.5) is 10.1 Å². The maximum absolute atomic E-state index is 12.9. The molecule has 0 saturated heterocycles. The maximum Gasteiger partial charge on any atom is 0.243 e. The number of aromatic nitrogens is 4. The zero-order chi connectivity index (χ0) is 19.5. The highest BCUT2D eigenvalue weighted by Gasteiger charge is 2.14. The largest absolute Gasteiger partial charge is 0.346 e. The maximum atomic E-state index is 12.9. The van der Waals surface area contributed by atoms with Crippen LogP contribution in [0.15, 0.2) is 53.7 Å². The van der Waals surface area contributed by atoms with Crippen LogP contribution in [0.3, 0.4) is 0 Å². The number of nitrogens with zero attached hydrogens (tertiary/aromatic N) is 3. The number of amides is 2. The number of carbonyl (C=O) groups excluding carboxylic acids is 2. The van der Waals surface area contributed by atoms with Crippen molar-refractivity contribution in [3.63, 3.8) is 0 Å². The molecule has 10 heteroatoms. The van der Waals surface area contributed by atoms with E-state index in [0.29, 0.717) is 16.6 Å². The van der Waals surface area contributed by atoms with E-state index < -0.39 is 5.91 Å². The molecule has 0 unspecified atom stereocenters. The summed E-state index contributed by atoms with van der Waals surface area (Å²) >= 11 is 1.24. The zero-order valence-corrected chi connectivity index (χ0v) is 15.3. The summed E-state index contributed by atoms with van der Waals surface area (Å²) in [6.45, 7) is -0.180. The lowest BCUT2D eigenvalue weighted by Gasteiger charge is -2.06. The third-order valence-corrected chi connectivity index (χ3v) is 4.85. The number of benzene rings is 2. The summed E-state index contributed by atoms with van der Waals surface area (Å²) in [7, 11) is 0. The zero-order valence-electron chi connectivity index (χ0n) is 14.5. The van der Waals surface area contributed by atoms with Gasteiger partial charge >= 0.3 is 0 Å². The quantitative estimate of drug-likeness (QED) is 0.432. The molecule has 0 aliphatic carbocycles. The van der Waals surface area contributed by atoms with E-state index in [9.17, 15) is 14.0 Å². The molecule has 4 rings (SSSR count). The summed E-state index contributed by atoms with van der Waals surface area (Å²) in [6, 6.07) is 13.0. The monoisotopic (exact) mass is 398 g/mol. The van der Waals surface area contributed by atoms with Crippen molar-refractivity contribution < 1.29 is 14.0 Å².